The number of rotatable bonds is 5. The molecule has 1 saturated heterocycles. The van der Waals surface area contributed by atoms with Crippen LogP contribution in [0, 0.1) is 12.8 Å². The molecule has 3 rings (SSSR count). The number of likely N-dealkylation sites (tertiary alicyclic amines) is 1. The van der Waals surface area contributed by atoms with Gasteiger partial charge >= 0.3 is 5.97 Å². The Morgan fingerprint density at radius 2 is 1.92 bits per heavy atom. The first-order valence-electron chi connectivity index (χ1n) is 7.92. The number of Topliss-reactive ketones (excluding diaryl/α,β-unsaturated/α-hetero) is 1. The van der Waals surface area contributed by atoms with Gasteiger partial charge in [0.2, 0.25) is 5.78 Å². The number of piperidine rings is 1. The molecule has 1 fully saturated rings. The number of hydrogen-bond acceptors (Lipinski definition) is 6. The second kappa shape index (κ2) is 6.92. The number of carboxylic acid groups (broad SMARTS) is 1. The van der Waals surface area contributed by atoms with Crippen LogP contribution in [0.15, 0.2) is 28.8 Å². The molecule has 2 aromatic rings. The van der Waals surface area contributed by atoms with E-state index in [1.165, 1.54) is 0 Å². The Bertz CT molecular complexity index is 731. The zero-order chi connectivity index (χ0) is 17.1. The largest absolute Gasteiger partial charge is 0.478 e. The van der Waals surface area contributed by atoms with Crippen LogP contribution in [0.1, 0.15) is 45.3 Å². The Kier molecular flexibility index (Phi) is 4.71. The lowest BCUT2D eigenvalue weighted by atomic mass is 9.92. The molecule has 2 heterocycles. The van der Waals surface area contributed by atoms with Crippen LogP contribution in [0.3, 0.4) is 0 Å². The van der Waals surface area contributed by atoms with Crippen LogP contribution in [0.4, 0.5) is 0 Å². The molecule has 0 radical (unpaired) electrons. The average Bonchev–Trinajstić information content (AvgIpc) is 3.02. The Morgan fingerprint density at radius 1 is 1.25 bits per heavy atom. The van der Waals surface area contributed by atoms with Crippen molar-refractivity contribution in [3.63, 3.8) is 0 Å². The van der Waals surface area contributed by atoms with Gasteiger partial charge < -0.3 is 9.63 Å². The van der Waals surface area contributed by atoms with Gasteiger partial charge in [0.1, 0.15) is 0 Å². The van der Waals surface area contributed by atoms with E-state index in [1.54, 1.807) is 19.1 Å². The van der Waals surface area contributed by atoms with Crippen LogP contribution in [0.5, 0.6) is 0 Å². The molecule has 24 heavy (non-hydrogen) atoms. The van der Waals surface area contributed by atoms with Crippen molar-refractivity contribution in [1.29, 1.82) is 0 Å². The van der Waals surface area contributed by atoms with Gasteiger partial charge in [0.05, 0.1) is 5.56 Å². The highest BCUT2D eigenvalue weighted by atomic mass is 16.5. The van der Waals surface area contributed by atoms with Crippen LogP contribution in [-0.4, -0.2) is 45.0 Å². The predicted octanol–water partition coefficient (Wildman–Crippen LogP) is 2.17. The molecule has 0 atom stereocenters. The number of ketones is 1. The molecule has 126 valence electrons. The van der Waals surface area contributed by atoms with Gasteiger partial charge in [-0.25, -0.2) is 4.79 Å². The minimum absolute atomic E-state index is 0.0685. The van der Waals surface area contributed by atoms with Crippen molar-refractivity contribution in [3.8, 4) is 0 Å². The number of aromatic nitrogens is 2. The SMILES string of the molecule is Cc1noc(C(=O)C2CCN(Cc3ccc(C(=O)O)cc3)CC2)n1. The van der Waals surface area contributed by atoms with Gasteiger partial charge in [-0.05, 0) is 50.6 Å². The highest BCUT2D eigenvalue weighted by Gasteiger charge is 2.29. The molecule has 1 aromatic heterocycles. The van der Waals surface area contributed by atoms with Gasteiger partial charge in [-0.1, -0.05) is 17.3 Å². The van der Waals surface area contributed by atoms with Crippen LogP contribution in [0.25, 0.3) is 0 Å². The van der Waals surface area contributed by atoms with E-state index in [1.807, 2.05) is 12.1 Å². The fourth-order valence-electron chi connectivity index (χ4n) is 2.94. The van der Waals surface area contributed by atoms with E-state index < -0.39 is 5.97 Å². The molecule has 0 bridgehead atoms. The molecule has 7 nitrogen and oxygen atoms in total. The second-order valence-electron chi connectivity index (χ2n) is 6.06. The number of benzene rings is 1. The van der Waals surface area contributed by atoms with Crippen molar-refractivity contribution in [1.82, 2.24) is 15.0 Å². The van der Waals surface area contributed by atoms with Crippen LogP contribution in [0.2, 0.25) is 0 Å². The van der Waals surface area contributed by atoms with E-state index >= 15 is 0 Å². The highest BCUT2D eigenvalue weighted by Crippen LogP contribution is 2.22. The molecule has 0 saturated carbocycles. The lowest BCUT2D eigenvalue weighted by molar-refractivity contribution is 0.0696. The van der Waals surface area contributed by atoms with E-state index in [0.29, 0.717) is 5.82 Å². The summed E-state index contributed by atoms with van der Waals surface area (Å²) in [5.41, 5.74) is 1.36. The number of carbonyl (C=O) groups is 2. The summed E-state index contributed by atoms with van der Waals surface area (Å²) >= 11 is 0. The monoisotopic (exact) mass is 329 g/mol. The first-order chi connectivity index (χ1) is 11.5. The van der Waals surface area contributed by atoms with E-state index in [9.17, 15) is 9.59 Å². The average molecular weight is 329 g/mol. The number of nitrogens with zero attached hydrogens (tertiary/aromatic N) is 3. The predicted molar refractivity (Wildman–Crippen MR) is 84.8 cm³/mol. The Hall–Kier alpha value is -2.54. The van der Waals surface area contributed by atoms with E-state index in [2.05, 4.69) is 15.0 Å². The van der Waals surface area contributed by atoms with E-state index in [-0.39, 0.29) is 23.2 Å². The van der Waals surface area contributed by atoms with Crippen molar-refractivity contribution in [2.45, 2.75) is 26.3 Å². The first kappa shape index (κ1) is 16.3. The van der Waals surface area contributed by atoms with Gasteiger partial charge in [-0.2, -0.15) is 4.98 Å². The first-order valence-corrected chi connectivity index (χ1v) is 7.92. The van der Waals surface area contributed by atoms with Crippen molar-refractivity contribution in [2.24, 2.45) is 5.92 Å². The molecular weight excluding hydrogens is 310 g/mol. The van der Waals surface area contributed by atoms with E-state index in [0.717, 1.165) is 38.0 Å². The summed E-state index contributed by atoms with van der Waals surface area (Å²) in [7, 11) is 0. The number of aryl methyl sites for hydroxylation is 1. The van der Waals surface area contributed by atoms with Crippen LogP contribution >= 0.6 is 0 Å². The summed E-state index contributed by atoms with van der Waals surface area (Å²) in [5, 5.41) is 12.6. The van der Waals surface area contributed by atoms with Crippen molar-refractivity contribution in [2.75, 3.05) is 13.1 Å². The summed E-state index contributed by atoms with van der Waals surface area (Å²) < 4.78 is 4.96. The fraction of sp³-hybridized carbons (Fsp3) is 0.412. The van der Waals surface area contributed by atoms with Gasteiger partial charge in [-0.3, -0.25) is 9.69 Å². The highest BCUT2D eigenvalue weighted by molar-refractivity contribution is 5.93. The maximum absolute atomic E-state index is 12.3. The Morgan fingerprint density at radius 3 is 2.46 bits per heavy atom. The fourth-order valence-corrected chi connectivity index (χ4v) is 2.94. The maximum atomic E-state index is 12.3. The zero-order valence-electron chi connectivity index (χ0n) is 13.4. The minimum atomic E-state index is -0.919. The molecule has 7 heteroatoms. The Balaban J connectivity index is 1.53. The molecule has 0 unspecified atom stereocenters. The third kappa shape index (κ3) is 3.68. The topological polar surface area (TPSA) is 96.5 Å². The molecule has 1 aromatic carbocycles. The summed E-state index contributed by atoms with van der Waals surface area (Å²) in [4.78, 5) is 29.4. The molecule has 1 N–H and O–H groups in total. The minimum Gasteiger partial charge on any atom is -0.478 e. The number of carboxylic acids is 1. The Labute approximate surface area is 139 Å². The molecular formula is C17H19N3O4. The summed E-state index contributed by atoms with van der Waals surface area (Å²) in [5.74, 6) is -0.482. The van der Waals surface area contributed by atoms with Gasteiger partial charge in [0.25, 0.3) is 5.89 Å². The lowest BCUT2D eigenvalue weighted by Gasteiger charge is -2.30. The van der Waals surface area contributed by atoms with Gasteiger partial charge in [0, 0.05) is 12.5 Å². The summed E-state index contributed by atoms with van der Waals surface area (Å²) in [6, 6.07) is 6.90. The number of aromatic carboxylic acids is 1. The van der Waals surface area contributed by atoms with Crippen molar-refractivity contribution < 1.29 is 19.2 Å². The van der Waals surface area contributed by atoms with Gasteiger partial charge in [0.15, 0.2) is 5.82 Å². The third-order valence-corrected chi connectivity index (χ3v) is 4.30. The lowest BCUT2D eigenvalue weighted by Crippen LogP contribution is -2.36. The zero-order valence-corrected chi connectivity index (χ0v) is 13.4. The number of hydrogen-bond donors (Lipinski definition) is 1. The van der Waals surface area contributed by atoms with Crippen molar-refractivity contribution in [3.05, 3.63) is 47.1 Å². The summed E-state index contributed by atoms with van der Waals surface area (Å²) in [6.07, 6.45) is 1.51. The molecule has 1 aliphatic heterocycles. The quantitative estimate of drug-likeness (QED) is 0.840. The third-order valence-electron chi connectivity index (χ3n) is 4.30. The van der Waals surface area contributed by atoms with E-state index in [4.69, 9.17) is 9.63 Å². The van der Waals surface area contributed by atoms with Crippen molar-refractivity contribution >= 4 is 11.8 Å². The number of carbonyl (C=O) groups excluding carboxylic acids is 1. The normalized spacial score (nSPS) is 16.2. The summed E-state index contributed by atoms with van der Waals surface area (Å²) in [6.45, 7) is 4.06. The molecule has 1 aliphatic rings. The standard InChI is InChI=1S/C17H19N3O4/c1-11-18-16(24-19-11)15(21)13-6-8-20(9-7-13)10-12-2-4-14(5-3-12)17(22)23/h2-5,13H,6-10H2,1H3,(H,22,23). The van der Waals surface area contributed by atoms with Crippen LogP contribution < -0.4 is 0 Å². The smallest absolute Gasteiger partial charge is 0.335 e. The molecule has 0 aliphatic carbocycles. The maximum Gasteiger partial charge on any atom is 0.335 e. The molecule has 0 amide bonds. The second-order valence-corrected chi connectivity index (χ2v) is 6.06. The van der Waals surface area contributed by atoms with Crippen LogP contribution in [-0.2, 0) is 6.54 Å². The molecule has 0 spiro atoms. The van der Waals surface area contributed by atoms with Gasteiger partial charge in [-0.15, -0.1) is 0 Å².